The molecule has 1 aromatic rings. The summed E-state index contributed by atoms with van der Waals surface area (Å²) in [5.41, 5.74) is 1.67. The summed E-state index contributed by atoms with van der Waals surface area (Å²) in [4.78, 5) is 23.9. The van der Waals surface area contributed by atoms with Gasteiger partial charge in [-0.15, -0.1) is 0 Å². The van der Waals surface area contributed by atoms with Gasteiger partial charge in [-0.25, -0.2) is 0 Å². The van der Waals surface area contributed by atoms with E-state index < -0.39 is 6.04 Å². The predicted octanol–water partition coefficient (Wildman–Crippen LogP) is 2.47. The minimum absolute atomic E-state index is 0.163. The van der Waals surface area contributed by atoms with Crippen LogP contribution in [0.15, 0.2) is 24.3 Å². The molecule has 0 heterocycles. The third-order valence-electron chi connectivity index (χ3n) is 2.95. The fraction of sp³-hybridized carbons (Fsp3) is 0.467. The van der Waals surface area contributed by atoms with Crippen molar-refractivity contribution >= 4 is 27.7 Å². The van der Waals surface area contributed by atoms with E-state index in [0.717, 1.165) is 10.9 Å². The Hall–Kier alpha value is -1.36. The molecule has 20 heavy (non-hydrogen) atoms. The molecule has 0 aliphatic heterocycles. The van der Waals surface area contributed by atoms with Crippen LogP contribution in [-0.2, 0) is 10.1 Å². The van der Waals surface area contributed by atoms with E-state index in [1.807, 2.05) is 26.0 Å². The highest BCUT2D eigenvalue weighted by Crippen LogP contribution is 2.10. The van der Waals surface area contributed by atoms with Gasteiger partial charge in [-0.05, 0) is 30.0 Å². The van der Waals surface area contributed by atoms with Crippen molar-refractivity contribution in [1.29, 1.82) is 0 Å². The van der Waals surface area contributed by atoms with Crippen molar-refractivity contribution in [2.45, 2.75) is 31.6 Å². The second-order valence-electron chi connectivity index (χ2n) is 5.10. The lowest BCUT2D eigenvalue weighted by atomic mass is 10.0. The summed E-state index contributed by atoms with van der Waals surface area (Å²) in [5.74, 6) is -0.0575. The molecule has 1 aromatic carbocycles. The Morgan fingerprint density at radius 2 is 1.80 bits per heavy atom. The summed E-state index contributed by atoms with van der Waals surface area (Å²) >= 11 is 3.36. The molecule has 0 aromatic heterocycles. The van der Waals surface area contributed by atoms with Gasteiger partial charge in [0.15, 0.2) is 0 Å². The first-order chi connectivity index (χ1) is 9.47. The number of hydrogen-bond donors (Lipinski definition) is 2. The molecular formula is C15H21BrN2O2. The average Bonchev–Trinajstić information content (AvgIpc) is 2.45. The van der Waals surface area contributed by atoms with Gasteiger partial charge in [0.25, 0.3) is 5.91 Å². The van der Waals surface area contributed by atoms with Crippen LogP contribution in [0, 0.1) is 5.92 Å². The molecule has 0 aliphatic rings. The van der Waals surface area contributed by atoms with Crippen LogP contribution in [0.3, 0.4) is 0 Å². The third-order valence-corrected chi connectivity index (χ3v) is 3.59. The number of nitrogens with one attached hydrogen (secondary N) is 2. The van der Waals surface area contributed by atoms with Crippen molar-refractivity contribution in [1.82, 2.24) is 10.6 Å². The topological polar surface area (TPSA) is 58.2 Å². The molecule has 0 aliphatic carbocycles. The molecule has 1 atom stereocenters. The van der Waals surface area contributed by atoms with Crippen molar-refractivity contribution in [3.05, 3.63) is 35.4 Å². The van der Waals surface area contributed by atoms with Gasteiger partial charge in [0.1, 0.15) is 6.04 Å². The van der Waals surface area contributed by atoms with E-state index in [0.29, 0.717) is 17.9 Å². The summed E-state index contributed by atoms with van der Waals surface area (Å²) < 4.78 is 0. The molecule has 0 saturated heterocycles. The van der Waals surface area contributed by atoms with Gasteiger partial charge in [0, 0.05) is 17.9 Å². The van der Waals surface area contributed by atoms with Crippen molar-refractivity contribution < 1.29 is 9.59 Å². The minimum Gasteiger partial charge on any atom is -0.357 e. The Morgan fingerprint density at radius 1 is 1.20 bits per heavy atom. The van der Waals surface area contributed by atoms with E-state index in [2.05, 4.69) is 26.6 Å². The summed E-state index contributed by atoms with van der Waals surface area (Å²) in [6.07, 6.45) is 0.616. The molecule has 0 bridgehead atoms. The Morgan fingerprint density at radius 3 is 2.25 bits per heavy atom. The molecule has 0 fully saturated rings. The number of amides is 2. The fourth-order valence-electron chi connectivity index (χ4n) is 1.86. The highest BCUT2D eigenvalue weighted by molar-refractivity contribution is 9.08. The van der Waals surface area contributed by atoms with Gasteiger partial charge < -0.3 is 10.6 Å². The predicted molar refractivity (Wildman–Crippen MR) is 83.8 cm³/mol. The summed E-state index contributed by atoms with van der Waals surface area (Å²) in [7, 11) is 1.58. The second kappa shape index (κ2) is 8.04. The summed E-state index contributed by atoms with van der Waals surface area (Å²) in [6.45, 7) is 4.04. The molecule has 110 valence electrons. The molecule has 1 rings (SSSR count). The molecule has 0 radical (unpaired) electrons. The molecule has 0 spiro atoms. The van der Waals surface area contributed by atoms with Gasteiger partial charge in [-0.3, -0.25) is 9.59 Å². The van der Waals surface area contributed by atoms with Crippen LogP contribution in [0.25, 0.3) is 0 Å². The largest absolute Gasteiger partial charge is 0.357 e. The lowest BCUT2D eigenvalue weighted by Crippen LogP contribution is -2.46. The van der Waals surface area contributed by atoms with Gasteiger partial charge in [0.05, 0.1) is 0 Å². The van der Waals surface area contributed by atoms with Crippen molar-refractivity contribution in [2.75, 3.05) is 7.05 Å². The van der Waals surface area contributed by atoms with Gasteiger partial charge >= 0.3 is 0 Å². The number of carbonyl (C=O) groups excluding carboxylic acids is 2. The molecule has 1 unspecified atom stereocenters. The zero-order valence-electron chi connectivity index (χ0n) is 12.1. The molecule has 5 heteroatoms. The summed E-state index contributed by atoms with van der Waals surface area (Å²) in [6, 6.07) is 6.82. The van der Waals surface area contributed by atoms with Crippen molar-refractivity contribution in [3.8, 4) is 0 Å². The number of rotatable bonds is 6. The van der Waals surface area contributed by atoms with E-state index >= 15 is 0 Å². The Labute approximate surface area is 128 Å². The molecule has 0 saturated carbocycles. The van der Waals surface area contributed by atoms with E-state index in [1.54, 1.807) is 19.2 Å². The second-order valence-corrected chi connectivity index (χ2v) is 5.66. The van der Waals surface area contributed by atoms with E-state index in [-0.39, 0.29) is 11.8 Å². The van der Waals surface area contributed by atoms with E-state index in [1.165, 1.54) is 0 Å². The lowest BCUT2D eigenvalue weighted by molar-refractivity contribution is -0.122. The molecule has 4 nitrogen and oxygen atoms in total. The van der Waals surface area contributed by atoms with Gasteiger partial charge in [-0.1, -0.05) is 41.9 Å². The number of carbonyl (C=O) groups is 2. The fourth-order valence-corrected chi connectivity index (χ4v) is 2.24. The maximum Gasteiger partial charge on any atom is 0.251 e. The van der Waals surface area contributed by atoms with Gasteiger partial charge in [-0.2, -0.15) is 0 Å². The van der Waals surface area contributed by atoms with Crippen LogP contribution in [0.4, 0.5) is 0 Å². The first-order valence-electron chi connectivity index (χ1n) is 6.65. The Balaban J connectivity index is 2.76. The Bertz CT molecular complexity index is 457. The smallest absolute Gasteiger partial charge is 0.251 e. The van der Waals surface area contributed by atoms with E-state index in [4.69, 9.17) is 0 Å². The monoisotopic (exact) mass is 340 g/mol. The molecule has 2 amide bonds. The van der Waals surface area contributed by atoms with Crippen LogP contribution in [-0.4, -0.2) is 24.9 Å². The third kappa shape index (κ3) is 4.96. The number of hydrogen-bond acceptors (Lipinski definition) is 2. The van der Waals surface area contributed by atoms with Crippen molar-refractivity contribution in [3.63, 3.8) is 0 Å². The van der Waals surface area contributed by atoms with Crippen LogP contribution in [0.1, 0.15) is 36.2 Å². The maximum absolute atomic E-state index is 12.2. The molecule has 2 N–H and O–H groups in total. The zero-order valence-corrected chi connectivity index (χ0v) is 13.7. The van der Waals surface area contributed by atoms with Crippen molar-refractivity contribution in [2.24, 2.45) is 5.92 Å². The summed E-state index contributed by atoms with van der Waals surface area (Å²) in [5, 5.41) is 6.13. The average molecular weight is 341 g/mol. The van der Waals surface area contributed by atoms with Crippen LogP contribution < -0.4 is 10.6 Å². The quantitative estimate of drug-likeness (QED) is 0.781. The highest BCUT2D eigenvalue weighted by Gasteiger charge is 2.21. The standard InChI is InChI=1S/C15H21BrN2O2/c1-10(2)8-13(15(20)17-3)18-14(19)12-6-4-11(9-16)5-7-12/h4-7,10,13H,8-9H2,1-3H3,(H,17,20)(H,18,19). The van der Waals surface area contributed by atoms with Crippen LogP contribution in [0.2, 0.25) is 0 Å². The van der Waals surface area contributed by atoms with Crippen LogP contribution in [0.5, 0.6) is 0 Å². The minimum atomic E-state index is -0.497. The zero-order chi connectivity index (χ0) is 15.1. The normalized spacial score (nSPS) is 12.1. The number of likely N-dealkylation sites (N-methyl/N-ethyl adjacent to an activating group) is 1. The number of alkyl halides is 1. The van der Waals surface area contributed by atoms with Gasteiger partial charge in [0.2, 0.25) is 5.91 Å². The highest BCUT2D eigenvalue weighted by atomic mass is 79.9. The lowest BCUT2D eigenvalue weighted by Gasteiger charge is -2.19. The number of halogens is 1. The maximum atomic E-state index is 12.2. The Kier molecular flexibility index (Phi) is 6.71. The first-order valence-corrected chi connectivity index (χ1v) is 7.77. The first kappa shape index (κ1) is 16.7. The number of benzene rings is 1. The van der Waals surface area contributed by atoms with Crippen LogP contribution >= 0.6 is 15.9 Å². The van der Waals surface area contributed by atoms with E-state index in [9.17, 15) is 9.59 Å². The SMILES string of the molecule is CNC(=O)C(CC(C)C)NC(=O)c1ccc(CBr)cc1. The molecular weight excluding hydrogens is 320 g/mol.